The van der Waals surface area contributed by atoms with Crippen molar-refractivity contribution in [2.45, 2.75) is 19.5 Å². The zero-order valence-electron chi connectivity index (χ0n) is 5.70. The molecule has 0 rings (SSSR count). The van der Waals surface area contributed by atoms with Gasteiger partial charge in [0.2, 0.25) is 0 Å². The average molecular weight is 150 g/mol. The molecule has 0 aliphatic rings. The molecule has 0 aromatic carbocycles. The van der Waals surface area contributed by atoms with Crippen LogP contribution in [0.15, 0.2) is 24.3 Å². The summed E-state index contributed by atoms with van der Waals surface area (Å²) >= 11 is 0. The van der Waals surface area contributed by atoms with Crippen molar-refractivity contribution in [1.29, 1.82) is 0 Å². The first kappa shape index (κ1) is 9.27. The number of allylic oxidation sites excluding steroid dienone is 3. The van der Waals surface area contributed by atoms with Crippen LogP contribution in [0.1, 0.15) is 13.3 Å². The van der Waals surface area contributed by atoms with E-state index >= 15 is 0 Å². The molecule has 0 aromatic heterocycles. The summed E-state index contributed by atoms with van der Waals surface area (Å²) in [4.78, 5) is 0. The highest BCUT2D eigenvalue weighted by molar-refractivity contribution is 5.14. The van der Waals surface area contributed by atoms with Crippen molar-refractivity contribution in [3.05, 3.63) is 24.3 Å². The van der Waals surface area contributed by atoms with Gasteiger partial charge in [-0.15, -0.1) is 0 Å². The number of rotatable bonds is 2. The van der Waals surface area contributed by atoms with E-state index in [2.05, 4.69) is 6.58 Å². The lowest BCUT2D eigenvalue weighted by Crippen LogP contribution is -2.10. The fourth-order valence-corrected chi connectivity index (χ4v) is 0.555. The number of hydrogen-bond donors (Lipinski definition) is 0. The quantitative estimate of drug-likeness (QED) is 0.530. The Labute approximate surface area is 58.0 Å². The van der Waals surface area contributed by atoms with Crippen LogP contribution in [0.4, 0.5) is 13.2 Å². The number of hydrogen-bond acceptors (Lipinski definition) is 0. The Kier molecular flexibility index (Phi) is 3.19. The van der Waals surface area contributed by atoms with Crippen molar-refractivity contribution in [1.82, 2.24) is 0 Å². The maximum absolute atomic E-state index is 11.8. The van der Waals surface area contributed by atoms with Crippen molar-refractivity contribution in [3.63, 3.8) is 0 Å². The van der Waals surface area contributed by atoms with E-state index in [0.29, 0.717) is 0 Å². The zero-order chi connectivity index (χ0) is 8.20. The molecule has 10 heavy (non-hydrogen) atoms. The topological polar surface area (TPSA) is 0 Å². The molecule has 0 nitrogen and oxygen atoms in total. The Balaban J connectivity index is 4.35. The van der Waals surface area contributed by atoms with E-state index in [0.717, 1.165) is 12.2 Å². The molecule has 0 aliphatic heterocycles. The monoisotopic (exact) mass is 150 g/mol. The van der Waals surface area contributed by atoms with Gasteiger partial charge in [-0.2, -0.15) is 13.2 Å². The van der Waals surface area contributed by atoms with Gasteiger partial charge < -0.3 is 0 Å². The van der Waals surface area contributed by atoms with E-state index in [9.17, 15) is 13.2 Å². The van der Waals surface area contributed by atoms with E-state index in [-0.39, 0.29) is 6.42 Å². The normalized spacial score (nSPS) is 13.4. The van der Waals surface area contributed by atoms with Gasteiger partial charge in [-0.05, 0) is 6.42 Å². The summed E-state index contributed by atoms with van der Waals surface area (Å²) in [5.74, 6) is 0. The second kappa shape index (κ2) is 3.44. The Bertz CT molecular complexity index is 141. The lowest BCUT2D eigenvalue weighted by atomic mass is 10.2. The first-order chi connectivity index (χ1) is 4.52. The first-order valence-corrected chi connectivity index (χ1v) is 2.91. The van der Waals surface area contributed by atoms with Crippen LogP contribution in [0.2, 0.25) is 0 Å². The Morgan fingerprint density at radius 3 is 2.10 bits per heavy atom. The van der Waals surface area contributed by atoms with Crippen molar-refractivity contribution in [3.8, 4) is 0 Å². The molecule has 0 fully saturated rings. The molecule has 0 bridgehead atoms. The van der Waals surface area contributed by atoms with Crippen molar-refractivity contribution in [2.75, 3.05) is 0 Å². The second-order valence-corrected chi connectivity index (χ2v) is 1.78. The smallest absolute Gasteiger partial charge is 0.166 e. The standard InChI is InChI=1S/C7H9F3/c1-3-5-6(4-2)7(8,9)10/h3,5H,1,4H2,2H3/b6-5-. The summed E-state index contributed by atoms with van der Waals surface area (Å²) in [7, 11) is 0. The van der Waals surface area contributed by atoms with Gasteiger partial charge in [0.15, 0.2) is 0 Å². The maximum atomic E-state index is 11.8. The predicted molar refractivity (Wildman–Crippen MR) is 34.6 cm³/mol. The lowest BCUT2D eigenvalue weighted by molar-refractivity contribution is -0.0935. The molecular formula is C7H9F3. The van der Waals surface area contributed by atoms with Crippen LogP contribution in [0.25, 0.3) is 0 Å². The molecule has 0 N–H and O–H groups in total. The van der Waals surface area contributed by atoms with Crippen LogP contribution >= 0.6 is 0 Å². The highest BCUT2D eigenvalue weighted by Gasteiger charge is 2.31. The summed E-state index contributed by atoms with van der Waals surface area (Å²) in [6.45, 7) is 4.65. The summed E-state index contributed by atoms with van der Waals surface area (Å²) < 4.78 is 35.4. The average Bonchev–Trinajstić information content (AvgIpc) is 1.80. The van der Waals surface area contributed by atoms with Crippen LogP contribution in [0.5, 0.6) is 0 Å². The first-order valence-electron chi connectivity index (χ1n) is 2.91. The zero-order valence-corrected chi connectivity index (χ0v) is 5.70. The highest BCUT2D eigenvalue weighted by atomic mass is 19.4. The Hall–Kier alpha value is -0.730. The fraction of sp³-hybridized carbons (Fsp3) is 0.429. The van der Waals surface area contributed by atoms with Crippen LogP contribution < -0.4 is 0 Å². The van der Waals surface area contributed by atoms with Gasteiger partial charge in [0, 0.05) is 5.57 Å². The highest BCUT2D eigenvalue weighted by Crippen LogP contribution is 2.27. The third-order valence-electron chi connectivity index (χ3n) is 1.06. The van der Waals surface area contributed by atoms with E-state index in [1.807, 2.05) is 0 Å². The van der Waals surface area contributed by atoms with Gasteiger partial charge in [0.25, 0.3) is 0 Å². The SMILES string of the molecule is C=C/C=C(/CC)C(F)(F)F. The van der Waals surface area contributed by atoms with E-state index in [1.54, 1.807) is 0 Å². The van der Waals surface area contributed by atoms with Crippen LogP contribution in [0.3, 0.4) is 0 Å². The molecule has 0 aliphatic carbocycles. The number of halogens is 3. The minimum absolute atomic E-state index is 0.00444. The summed E-state index contributed by atoms with van der Waals surface area (Å²) in [5.41, 5.74) is -0.539. The van der Waals surface area contributed by atoms with E-state index in [4.69, 9.17) is 0 Å². The number of alkyl halides is 3. The van der Waals surface area contributed by atoms with Gasteiger partial charge >= 0.3 is 6.18 Å². The van der Waals surface area contributed by atoms with Crippen molar-refractivity contribution >= 4 is 0 Å². The van der Waals surface area contributed by atoms with Crippen LogP contribution in [-0.4, -0.2) is 6.18 Å². The van der Waals surface area contributed by atoms with Gasteiger partial charge in [-0.1, -0.05) is 25.7 Å². The minimum atomic E-state index is -4.19. The molecule has 0 saturated carbocycles. The summed E-state index contributed by atoms with van der Waals surface area (Å²) in [5, 5.41) is 0. The molecule has 3 heteroatoms. The molecule has 0 amide bonds. The molecule has 0 aromatic rings. The lowest BCUT2D eigenvalue weighted by Gasteiger charge is -2.07. The van der Waals surface area contributed by atoms with Gasteiger partial charge in [-0.3, -0.25) is 0 Å². The van der Waals surface area contributed by atoms with Crippen LogP contribution in [-0.2, 0) is 0 Å². The largest absolute Gasteiger partial charge is 0.412 e. The predicted octanol–water partition coefficient (Wildman–Crippen LogP) is 3.07. The molecule has 58 valence electrons. The van der Waals surface area contributed by atoms with Crippen molar-refractivity contribution < 1.29 is 13.2 Å². The second-order valence-electron chi connectivity index (χ2n) is 1.78. The van der Waals surface area contributed by atoms with Crippen LogP contribution in [0, 0.1) is 0 Å². The van der Waals surface area contributed by atoms with E-state index in [1.165, 1.54) is 6.92 Å². The Morgan fingerprint density at radius 1 is 1.50 bits per heavy atom. The molecule has 0 spiro atoms. The summed E-state index contributed by atoms with van der Waals surface area (Å²) in [6, 6.07) is 0. The molecule has 0 heterocycles. The molecule has 0 radical (unpaired) electrons. The van der Waals surface area contributed by atoms with Gasteiger partial charge in [0.1, 0.15) is 0 Å². The Morgan fingerprint density at radius 2 is 2.00 bits per heavy atom. The summed E-state index contributed by atoms with van der Waals surface area (Å²) in [6.07, 6.45) is -2.06. The van der Waals surface area contributed by atoms with Crippen molar-refractivity contribution in [2.24, 2.45) is 0 Å². The molecule has 0 atom stereocenters. The minimum Gasteiger partial charge on any atom is -0.166 e. The molecule has 0 saturated heterocycles. The van der Waals surface area contributed by atoms with E-state index < -0.39 is 11.7 Å². The third-order valence-corrected chi connectivity index (χ3v) is 1.06. The maximum Gasteiger partial charge on any atom is 0.412 e. The third kappa shape index (κ3) is 2.71. The van der Waals surface area contributed by atoms with Gasteiger partial charge in [0.05, 0.1) is 0 Å². The van der Waals surface area contributed by atoms with Gasteiger partial charge in [-0.25, -0.2) is 0 Å². The molecule has 0 unspecified atom stereocenters. The fourth-order valence-electron chi connectivity index (χ4n) is 0.555. The molecular weight excluding hydrogens is 141 g/mol.